The molecule has 0 heterocycles. The Morgan fingerprint density at radius 3 is 2.47 bits per heavy atom. The number of carbonyl (C=O) groups is 1. The topological polar surface area (TPSA) is 46.5 Å². The lowest BCUT2D eigenvalue weighted by Gasteiger charge is -2.16. The zero-order chi connectivity index (χ0) is 11.6. The summed E-state index contributed by atoms with van der Waals surface area (Å²) in [5.41, 5.74) is -1.27. The van der Waals surface area contributed by atoms with Gasteiger partial charge in [0.1, 0.15) is 17.0 Å². The molecule has 0 atom stereocenters. The van der Waals surface area contributed by atoms with Crippen molar-refractivity contribution in [2.75, 3.05) is 7.11 Å². The van der Waals surface area contributed by atoms with Crippen molar-refractivity contribution < 1.29 is 19.0 Å². The third-order valence-electron chi connectivity index (χ3n) is 2.12. The van der Waals surface area contributed by atoms with Gasteiger partial charge in [0.05, 0.1) is 7.11 Å². The molecule has 0 amide bonds. The lowest BCUT2D eigenvalue weighted by atomic mass is 9.97. The van der Waals surface area contributed by atoms with Crippen molar-refractivity contribution in [3.8, 4) is 5.75 Å². The monoisotopic (exact) mass is 212 g/mol. The highest BCUT2D eigenvalue weighted by Gasteiger charge is 2.22. The van der Waals surface area contributed by atoms with Crippen LogP contribution in [0.1, 0.15) is 29.8 Å². The van der Waals surface area contributed by atoms with E-state index < -0.39 is 11.6 Å². The summed E-state index contributed by atoms with van der Waals surface area (Å²) in [6, 6.07) is 4.27. The lowest BCUT2D eigenvalue weighted by Crippen LogP contribution is -2.11. The van der Waals surface area contributed by atoms with E-state index in [1.165, 1.54) is 39.2 Å². The number of methoxy groups -OCH3 is 1. The van der Waals surface area contributed by atoms with Crippen LogP contribution in [0.4, 0.5) is 4.39 Å². The SMILES string of the molecule is COc1ccc(C(C)(C)F)cc1C(=O)O. The van der Waals surface area contributed by atoms with Gasteiger partial charge in [0.15, 0.2) is 0 Å². The highest BCUT2D eigenvalue weighted by molar-refractivity contribution is 5.91. The van der Waals surface area contributed by atoms with Gasteiger partial charge >= 0.3 is 5.97 Å². The molecular weight excluding hydrogens is 199 g/mol. The maximum Gasteiger partial charge on any atom is 0.339 e. The molecule has 0 bridgehead atoms. The molecule has 0 aromatic heterocycles. The van der Waals surface area contributed by atoms with E-state index in [0.29, 0.717) is 5.56 Å². The van der Waals surface area contributed by atoms with Crippen molar-refractivity contribution in [3.63, 3.8) is 0 Å². The summed E-state index contributed by atoms with van der Waals surface area (Å²) in [5, 5.41) is 8.88. The van der Waals surface area contributed by atoms with Gasteiger partial charge in [0.2, 0.25) is 0 Å². The number of ether oxygens (including phenoxy) is 1. The predicted molar refractivity (Wildman–Crippen MR) is 54.1 cm³/mol. The molecule has 0 fully saturated rings. The van der Waals surface area contributed by atoms with Gasteiger partial charge in [-0.25, -0.2) is 9.18 Å². The molecule has 0 radical (unpaired) electrons. The van der Waals surface area contributed by atoms with E-state index in [1.807, 2.05) is 0 Å². The number of aromatic carboxylic acids is 1. The Kier molecular flexibility index (Phi) is 2.98. The summed E-state index contributed by atoms with van der Waals surface area (Å²) < 4.78 is 18.4. The first-order valence-corrected chi connectivity index (χ1v) is 4.47. The molecule has 1 rings (SSSR count). The molecular formula is C11H13FO3. The van der Waals surface area contributed by atoms with Crippen LogP contribution in [0, 0.1) is 0 Å². The average molecular weight is 212 g/mol. The van der Waals surface area contributed by atoms with Crippen molar-refractivity contribution >= 4 is 5.97 Å². The van der Waals surface area contributed by atoms with Gasteiger partial charge in [0.25, 0.3) is 0 Å². The average Bonchev–Trinajstić information content (AvgIpc) is 2.15. The smallest absolute Gasteiger partial charge is 0.339 e. The number of carboxylic acid groups (broad SMARTS) is 1. The van der Waals surface area contributed by atoms with E-state index in [4.69, 9.17) is 9.84 Å². The minimum Gasteiger partial charge on any atom is -0.496 e. The Bertz CT molecular complexity index is 380. The summed E-state index contributed by atoms with van der Waals surface area (Å²) in [6.45, 7) is 2.75. The van der Waals surface area contributed by atoms with Crippen LogP contribution in [0.5, 0.6) is 5.75 Å². The van der Waals surface area contributed by atoms with Crippen LogP contribution >= 0.6 is 0 Å². The molecule has 0 unspecified atom stereocenters. The molecule has 0 saturated heterocycles. The Hall–Kier alpha value is -1.58. The van der Waals surface area contributed by atoms with Crippen molar-refractivity contribution in [2.24, 2.45) is 0 Å². The van der Waals surface area contributed by atoms with Crippen LogP contribution in [-0.2, 0) is 5.67 Å². The third kappa shape index (κ3) is 2.46. The minimum absolute atomic E-state index is 0.0271. The molecule has 1 aromatic carbocycles. The lowest BCUT2D eigenvalue weighted by molar-refractivity contribution is 0.0693. The van der Waals surface area contributed by atoms with Crippen LogP contribution in [0.25, 0.3) is 0 Å². The normalized spacial score (nSPS) is 11.2. The number of rotatable bonds is 3. The summed E-state index contributed by atoms with van der Waals surface area (Å²) in [7, 11) is 1.38. The van der Waals surface area contributed by atoms with E-state index in [9.17, 15) is 9.18 Å². The standard InChI is InChI=1S/C11H13FO3/c1-11(2,12)7-4-5-9(15-3)8(6-7)10(13)14/h4-6H,1-3H3,(H,13,14). The molecule has 82 valence electrons. The fraction of sp³-hybridized carbons (Fsp3) is 0.364. The van der Waals surface area contributed by atoms with Crippen molar-refractivity contribution in [1.82, 2.24) is 0 Å². The number of carboxylic acids is 1. The van der Waals surface area contributed by atoms with E-state index in [-0.39, 0.29) is 11.3 Å². The van der Waals surface area contributed by atoms with Gasteiger partial charge < -0.3 is 9.84 Å². The van der Waals surface area contributed by atoms with Crippen LogP contribution in [0.2, 0.25) is 0 Å². The molecule has 0 aliphatic carbocycles. The van der Waals surface area contributed by atoms with E-state index >= 15 is 0 Å². The number of benzene rings is 1. The first-order chi connectivity index (χ1) is 6.86. The molecule has 3 nitrogen and oxygen atoms in total. The van der Waals surface area contributed by atoms with E-state index in [1.54, 1.807) is 0 Å². The van der Waals surface area contributed by atoms with Gasteiger partial charge in [0, 0.05) is 0 Å². The highest BCUT2D eigenvalue weighted by atomic mass is 19.1. The largest absolute Gasteiger partial charge is 0.496 e. The quantitative estimate of drug-likeness (QED) is 0.837. The van der Waals surface area contributed by atoms with Crippen molar-refractivity contribution in [3.05, 3.63) is 29.3 Å². The predicted octanol–water partition coefficient (Wildman–Crippen LogP) is 2.60. The van der Waals surface area contributed by atoms with Crippen LogP contribution < -0.4 is 4.74 Å². The first-order valence-electron chi connectivity index (χ1n) is 4.47. The zero-order valence-electron chi connectivity index (χ0n) is 8.87. The fourth-order valence-electron chi connectivity index (χ4n) is 1.24. The van der Waals surface area contributed by atoms with Crippen LogP contribution in [0.3, 0.4) is 0 Å². The number of hydrogen-bond donors (Lipinski definition) is 1. The van der Waals surface area contributed by atoms with E-state index in [2.05, 4.69) is 0 Å². The molecule has 15 heavy (non-hydrogen) atoms. The summed E-state index contributed by atoms with van der Waals surface area (Å²) in [5.74, 6) is -0.895. The van der Waals surface area contributed by atoms with Gasteiger partial charge in [-0.15, -0.1) is 0 Å². The Morgan fingerprint density at radius 2 is 2.07 bits per heavy atom. The highest BCUT2D eigenvalue weighted by Crippen LogP contribution is 2.29. The second-order valence-electron chi connectivity index (χ2n) is 3.69. The second-order valence-corrected chi connectivity index (χ2v) is 3.69. The number of halogens is 1. The van der Waals surface area contributed by atoms with Crippen LogP contribution in [-0.4, -0.2) is 18.2 Å². The van der Waals surface area contributed by atoms with Crippen LogP contribution in [0.15, 0.2) is 18.2 Å². The number of hydrogen-bond acceptors (Lipinski definition) is 2. The zero-order valence-corrected chi connectivity index (χ0v) is 8.87. The molecule has 1 N–H and O–H groups in total. The molecule has 0 aliphatic heterocycles. The summed E-state index contributed by atoms with van der Waals surface area (Å²) in [6.07, 6.45) is 0. The fourth-order valence-corrected chi connectivity index (χ4v) is 1.24. The third-order valence-corrected chi connectivity index (χ3v) is 2.12. The Balaban J connectivity index is 3.28. The van der Waals surface area contributed by atoms with Gasteiger partial charge in [-0.05, 0) is 31.5 Å². The molecule has 4 heteroatoms. The number of alkyl halides is 1. The second kappa shape index (κ2) is 3.88. The molecule has 0 aliphatic rings. The van der Waals surface area contributed by atoms with Crippen molar-refractivity contribution in [2.45, 2.75) is 19.5 Å². The Labute approximate surface area is 87.5 Å². The molecule has 0 spiro atoms. The maximum absolute atomic E-state index is 13.6. The first kappa shape index (κ1) is 11.5. The van der Waals surface area contributed by atoms with Gasteiger partial charge in [-0.3, -0.25) is 0 Å². The molecule has 0 saturated carbocycles. The van der Waals surface area contributed by atoms with Gasteiger partial charge in [-0.1, -0.05) is 6.07 Å². The van der Waals surface area contributed by atoms with Crippen molar-refractivity contribution in [1.29, 1.82) is 0 Å². The summed E-state index contributed by atoms with van der Waals surface area (Å²) in [4.78, 5) is 10.9. The molecule has 1 aromatic rings. The van der Waals surface area contributed by atoms with E-state index in [0.717, 1.165) is 0 Å². The van der Waals surface area contributed by atoms with Gasteiger partial charge in [-0.2, -0.15) is 0 Å². The Morgan fingerprint density at radius 1 is 1.47 bits per heavy atom. The minimum atomic E-state index is -1.56. The summed E-state index contributed by atoms with van der Waals surface area (Å²) >= 11 is 0. The maximum atomic E-state index is 13.6.